The number of halogens is 1. The molecule has 0 aliphatic carbocycles. The lowest BCUT2D eigenvalue weighted by Crippen LogP contribution is -2.43. The molecular weight excluding hydrogens is 420 g/mol. The molecule has 32 heavy (non-hydrogen) atoms. The molecule has 0 spiro atoms. The van der Waals surface area contributed by atoms with Crippen molar-refractivity contribution in [3.63, 3.8) is 0 Å². The number of carbonyl (C=O) groups excluding carboxylic acids is 1. The van der Waals surface area contributed by atoms with Crippen LogP contribution in [0.1, 0.15) is 42.9 Å². The molecular formula is C27H33ClN2O2. The van der Waals surface area contributed by atoms with Crippen LogP contribution in [0, 0.1) is 6.92 Å². The van der Waals surface area contributed by atoms with Crippen molar-refractivity contribution < 1.29 is 9.21 Å². The Morgan fingerprint density at radius 2 is 1.75 bits per heavy atom. The summed E-state index contributed by atoms with van der Waals surface area (Å²) >= 11 is 6.19. The molecule has 1 atom stereocenters. The second-order valence-corrected chi connectivity index (χ2v) is 8.79. The number of benzene rings is 2. The standard InChI is InChI=1S/C27H33ClN2O2/c1-4-21(2)30(18-24-11-8-12-25(28)17-24)20-27(31)29(19-26-14-13-22(3)32-26)16-15-23-9-6-5-7-10-23/h5-14,17,21H,4,15-16,18-20H2,1-3H3. The molecule has 5 heteroatoms. The van der Waals surface area contributed by atoms with Crippen LogP contribution >= 0.6 is 11.6 Å². The number of carbonyl (C=O) groups is 1. The van der Waals surface area contributed by atoms with Crippen LogP contribution in [0.15, 0.2) is 71.1 Å². The Morgan fingerprint density at radius 1 is 1.00 bits per heavy atom. The first-order valence-electron chi connectivity index (χ1n) is 11.3. The first kappa shape index (κ1) is 24.1. The molecule has 0 bridgehead atoms. The zero-order valence-corrected chi connectivity index (χ0v) is 20.0. The second kappa shape index (κ2) is 11.9. The Morgan fingerprint density at radius 3 is 2.41 bits per heavy atom. The van der Waals surface area contributed by atoms with E-state index in [0.717, 1.165) is 34.9 Å². The predicted octanol–water partition coefficient (Wildman–Crippen LogP) is 6.11. The normalized spacial score (nSPS) is 12.2. The number of hydrogen-bond acceptors (Lipinski definition) is 3. The van der Waals surface area contributed by atoms with Crippen LogP contribution in [0.2, 0.25) is 5.02 Å². The Hall–Kier alpha value is -2.56. The number of amides is 1. The van der Waals surface area contributed by atoms with Crippen LogP contribution < -0.4 is 0 Å². The van der Waals surface area contributed by atoms with Gasteiger partial charge in [-0.1, -0.05) is 61.0 Å². The van der Waals surface area contributed by atoms with Crippen molar-refractivity contribution in [1.82, 2.24) is 9.80 Å². The van der Waals surface area contributed by atoms with E-state index in [2.05, 4.69) is 36.9 Å². The van der Waals surface area contributed by atoms with Crippen molar-refractivity contribution >= 4 is 17.5 Å². The monoisotopic (exact) mass is 452 g/mol. The summed E-state index contributed by atoms with van der Waals surface area (Å²) in [6.07, 6.45) is 1.78. The number of rotatable bonds is 11. The summed E-state index contributed by atoms with van der Waals surface area (Å²) in [6, 6.07) is 22.3. The van der Waals surface area contributed by atoms with Crippen LogP contribution in [0.5, 0.6) is 0 Å². The molecule has 3 aromatic rings. The zero-order valence-electron chi connectivity index (χ0n) is 19.3. The third kappa shape index (κ3) is 7.25. The van der Waals surface area contributed by atoms with E-state index in [1.54, 1.807) is 0 Å². The highest BCUT2D eigenvalue weighted by molar-refractivity contribution is 6.30. The van der Waals surface area contributed by atoms with Crippen molar-refractivity contribution in [2.45, 2.75) is 52.7 Å². The summed E-state index contributed by atoms with van der Waals surface area (Å²) in [4.78, 5) is 17.6. The third-order valence-electron chi connectivity index (χ3n) is 5.84. The van der Waals surface area contributed by atoms with Crippen molar-refractivity contribution in [3.05, 3.63) is 94.4 Å². The Labute approximate surface area is 196 Å². The van der Waals surface area contributed by atoms with E-state index in [1.165, 1.54) is 5.56 Å². The molecule has 2 aromatic carbocycles. The van der Waals surface area contributed by atoms with Gasteiger partial charge in [-0.15, -0.1) is 0 Å². The summed E-state index contributed by atoms with van der Waals surface area (Å²) in [5.74, 6) is 1.78. The molecule has 1 aromatic heterocycles. The van der Waals surface area contributed by atoms with Crippen molar-refractivity contribution in [3.8, 4) is 0 Å². The van der Waals surface area contributed by atoms with Crippen LogP contribution in [0.25, 0.3) is 0 Å². The number of nitrogens with zero attached hydrogens (tertiary/aromatic N) is 2. The second-order valence-electron chi connectivity index (χ2n) is 8.36. The van der Waals surface area contributed by atoms with Crippen LogP contribution in [-0.2, 0) is 24.3 Å². The average Bonchev–Trinajstić information content (AvgIpc) is 3.20. The summed E-state index contributed by atoms with van der Waals surface area (Å²) in [5.41, 5.74) is 2.33. The molecule has 1 heterocycles. The van der Waals surface area contributed by atoms with Gasteiger partial charge in [-0.05, 0) is 62.1 Å². The van der Waals surface area contributed by atoms with Gasteiger partial charge in [0.15, 0.2) is 0 Å². The van der Waals surface area contributed by atoms with E-state index in [0.29, 0.717) is 26.2 Å². The molecule has 0 aliphatic rings. The summed E-state index contributed by atoms with van der Waals surface area (Å²) < 4.78 is 5.78. The molecule has 0 saturated carbocycles. The maximum absolute atomic E-state index is 13.5. The smallest absolute Gasteiger partial charge is 0.237 e. The quantitative estimate of drug-likeness (QED) is 0.352. The molecule has 0 radical (unpaired) electrons. The van der Waals surface area contributed by atoms with Crippen LogP contribution in [-0.4, -0.2) is 34.8 Å². The van der Waals surface area contributed by atoms with E-state index < -0.39 is 0 Å². The Kier molecular flexibility index (Phi) is 8.95. The van der Waals surface area contributed by atoms with Crippen molar-refractivity contribution in [2.24, 2.45) is 0 Å². The van der Waals surface area contributed by atoms with Crippen molar-refractivity contribution in [1.29, 1.82) is 0 Å². The van der Waals surface area contributed by atoms with Gasteiger partial charge in [0.25, 0.3) is 0 Å². The fraction of sp³-hybridized carbons (Fsp3) is 0.370. The minimum absolute atomic E-state index is 0.109. The lowest BCUT2D eigenvalue weighted by atomic mass is 10.1. The van der Waals surface area contributed by atoms with E-state index in [4.69, 9.17) is 16.0 Å². The van der Waals surface area contributed by atoms with Gasteiger partial charge in [-0.2, -0.15) is 0 Å². The molecule has 0 aliphatic heterocycles. The highest BCUT2D eigenvalue weighted by atomic mass is 35.5. The van der Waals surface area contributed by atoms with Gasteiger partial charge in [-0.25, -0.2) is 0 Å². The summed E-state index contributed by atoms with van der Waals surface area (Å²) in [6.45, 7) is 8.42. The molecule has 0 saturated heterocycles. The van der Waals surface area contributed by atoms with E-state index >= 15 is 0 Å². The fourth-order valence-electron chi connectivity index (χ4n) is 3.73. The van der Waals surface area contributed by atoms with E-state index in [-0.39, 0.29) is 11.9 Å². The van der Waals surface area contributed by atoms with Gasteiger partial charge in [0, 0.05) is 24.2 Å². The van der Waals surface area contributed by atoms with Gasteiger partial charge in [0.1, 0.15) is 11.5 Å². The zero-order chi connectivity index (χ0) is 22.9. The first-order chi connectivity index (χ1) is 15.4. The third-order valence-corrected chi connectivity index (χ3v) is 6.07. The maximum atomic E-state index is 13.5. The average molecular weight is 453 g/mol. The molecule has 1 unspecified atom stereocenters. The number of furan rings is 1. The van der Waals surface area contributed by atoms with Gasteiger partial charge in [0.2, 0.25) is 5.91 Å². The first-order valence-corrected chi connectivity index (χ1v) is 11.7. The predicted molar refractivity (Wildman–Crippen MR) is 131 cm³/mol. The Balaban J connectivity index is 1.73. The molecule has 1 amide bonds. The molecule has 4 nitrogen and oxygen atoms in total. The van der Waals surface area contributed by atoms with Crippen molar-refractivity contribution in [2.75, 3.05) is 13.1 Å². The van der Waals surface area contributed by atoms with Gasteiger partial charge < -0.3 is 9.32 Å². The number of hydrogen-bond donors (Lipinski definition) is 0. The largest absolute Gasteiger partial charge is 0.464 e. The fourth-order valence-corrected chi connectivity index (χ4v) is 3.94. The van der Waals surface area contributed by atoms with E-state index in [1.807, 2.05) is 60.4 Å². The van der Waals surface area contributed by atoms with Crippen LogP contribution in [0.4, 0.5) is 0 Å². The summed E-state index contributed by atoms with van der Waals surface area (Å²) in [5, 5.41) is 0.718. The maximum Gasteiger partial charge on any atom is 0.237 e. The number of aryl methyl sites for hydroxylation is 1. The topological polar surface area (TPSA) is 36.7 Å². The molecule has 170 valence electrons. The van der Waals surface area contributed by atoms with Crippen LogP contribution in [0.3, 0.4) is 0 Å². The molecule has 3 rings (SSSR count). The lowest BCUT2D eigenvalue weighted by molar-refractivity contribution is -0.134. The highest BCUT2D eigenvalue weighted by Crippen LogP contribution is 2.17. The van der Waals surface area contributed by atoms with Gasteiger partial charge in [-0.3, -0.25) is 9.69 Å². The summed E-state index contributed by atoms with van der Waals surface area (Å²) in [7, 11) is 0. The Bertz CT molecular complexity index is 986. The molecule has 0 N–H and O–H groups in total. The minimum Gasteiger partial charge on any atom is -0.464 e. The van der Waals surface area contributed by atoms with Gasteiger partial charge >= 0.3 is 0 Å². The molecule has 0 fully saturated rings. The highest BCUT2D eigenvalue weighted by Gasteiger charge is 2.22. The van der Waals surface area contributed by atoms with Gasteiger partial charge in [0.05, 0.1) is 13.1 Å². The van der Waals surface area contributed by atoms with E-state index in [9.17, 15) is 4.79 Å². The SMILES string of the molecule is CCC(C)N(CC(=O)N(CCc1ccccc1)Cc1ccc(C)o1)Cc1cccc(Cl)c1. The lowest BCUT2D eigenvalue weighted by Gasteiger charge is -2.31. The minimum atomic E-state index is 0.109.